The molecule has 3 atom stereocenters. The van der Waals surface area contributed by atoms with E-state index in [-0.39, 0.29) is 0 Å². The minimum Gasteiger partial charge on any atom is -0.396 e. The summed E-state index contributed by atoms with van der Waals surface area (Å²) in [7, 11) is 0. The first-order valence-corrected chi connectivity index (χ1v) is 7.74. The third-order valence-corrected chi connectivity index (χ3v) is 3.37. The summed E-state index contributed by atoms with van der Waals surface area (Å²) in [5.41, 5.74) is 0. The van der Waals surface area contributed by atoms with Gasteiger partial charge in [-0.05, 0) is 6.42 Å². The second-order valence-electron chi connectivity index (χ2n) is 6.02. The van der Waals surface area contributed by atoms with Gasteiger partial charge in [0.15, 0.2) is 0 Å². The first-order chi connectivity index (χ1) is 14.9. The van der Waals surface area contributed by atoms with Gasteiger partial charge in [0.05, 0.1) is 0 Å². The van der Waals surface area contributed by atoms with Crippen LogP contribution in [0.25, 0.3) is 0 Å². The Labute approximate surface area is 178 Å². The predicted molar refractivity (Wildman–Crippen MR) is 65.2 cm³/mol. The SMILES string of the molecule is OCCCC(F)(OC(F)(F)C(F)(OC(F)(F)C(F)(OC(F)(F)F)C(F)(F)F)C(F)(F)F)C(F)(F)F. The molecular weight excluding hydrogens is 569 g/mol. The van der Waals surface area contributed by atoms with E-state index < -0.39 is 74.1 Å². The summed E-state index contributed by atoms with van der Waals surface area (Å²) in [6.07, 6.45) is -50.2. The van der Waals surface area contributed by atoms with Crippen LogP contribution in [-0.4, -0.2) is 66.4 Å². The van der Waals surface area contributed by atoms with E-state index in [1.807, 2.05) is 4.74 Å². The van der Waals surface area contributed by atoms with Crippen LogP contribution in [0.2, 0.25) is 0 Å². The molecule has 0 bridgehead atoms. The Morgan fingerprint density at radius 2 is 0.800 bits per heavy atom. The van der Waals surface area contributed by atoms with Crippen LogP contribution in [-0.2, 0) is 14.2 Å². The zero-order valence-electron chi connectivity index (χ0n) is 15.5. The van der Waals surface area contributed by atoms with Crippen molar-refractivity contribution in [1.82, 2.24) is 0 Å². The first kappa shape index (κ1) is 33.5. The van der Waals surface area contributed by atoms with Crippen molar-refractivity contribution in [3.8, 4) is 0 Å². The number of aliphatic hydroxyl groups is 1. The van der Waals surface area contributed by atoms with Crippen molar-refractivity contribution in [3.05, 3.63) is 0 Å². The molecule has 0 fully saturated rings. The molecule has 0 aromatic carbocycles. The topological polar surface area (TPSA) is 47.9 Å². The average molecular weight is 576 g/mol. The summed E-state index contributed by atoms with van der Waals surface area (Å²) >= 11 is 0. The summed E-state index contributed by atoms with van der Waals surface area (Å²) in [6.45, 7) is -1.55. The molecule has 23 heteroatoms. The lowest BCUT2D eigenvalue weighted by atomic mass is 10.1. The largest absolute Gasteiger partial charge is 0.525 e. The van der Waals surface area contributed by atoms with Gasteiger partial charge in [0.25, 0.3) is 0 Å². The summed E-state index contributed by atoms with van der Waals surface area (Å²) in [6, 6.07) is 0. The van der Waals surface area contributed by atoms with Gasteiger partial charge in [-0.2, -0.15) is 65.9 Å². The highest BCUT2D eigenvalue weighted by Crippen LogP contribution is 2.57. The molecule has 0 aliphatic heterocycles. The van der Waals surface area contributed by atoms with Gasteiger partial charge in [0.1, 0.15) is 0 Å². The molecule has 0 radical (unpaired) electrons. The van der Waals surface area contributed by atoms with Gasteiger partial charge >= 0.3 is 54.7 Å². The second kappa shape index (κ2) is 9.43. The van der Waals surface area contributed by atoms with Crippen LogP contribution in [0.1, 0.15) is 12.8 Å². The summed E-state index contributed by atoms with van der Waals surface area (Å²) in [5, 5.41) is 8.29. The van der Waals surface area contributed by atoms with Gasteiger partial charge in [-0.15, -0.1) is 13.2 Å². The van der Waals surface area contributed by atoms with E-state index in [4.69, 9.17) is 5.11 Å². The van der Waals surface area contributed by atoms with Crippen molar-refractivity contribution in [2.45, 2.75) is 67.5 Å². The molecule has 0 saturated heterocycles. The van der Waals surface area contributed by atoms with Crippen LogP contribution in [0.4, 0.5) is 83.4 Å². The van der Waals surface area contributed by atoms with Crippen LogP contribution in [0.3, 0.4) is 0 Å². The normalized spacial score (nSPS) is 20.2. The van der Waals surface area contributed by atoms with Crippen molar-refractivity contribution in [1.29, 1.82) is 0 Å². The summed E-state index contributed by atoms with van der Waals surface area (Å²) < 4.78 is 250. The third-order valence-electron chi connectivity index (χ3n) is 3.37. The number of hydrogen-bond donors (Lipinski definition) is 1. The van der Waals surface area contributed by atoms with Crippen LogP contribution >= 0.6 is 0 Å². The van der Waals surface area contributed by atoms with Crippen LogP contribution in [0.15, 0.2) is 0 Å². The molecule has 0 rings (SSSR count). The Hall–Kier alpha value is -1.49. The predicted octanol–water partition coefficient (Wildman–Crippen LogP) is 6.20. The number of aliphatic hydroxyl groups excluding tert-OH is 1. The second-order valence-corrected chi connectivity index (χ2v) is 6.02. The molecule has 0 aromatic rings. The zero-order valence-corrected chi connectivity index (χ0v) is 15.5. The highest BCUT2D eigenvalue weighted by Gasteiger charge is 2.86. The number of rotatable bonds is 10. The number of halogens is 19. The Kier molecular flexibility index (Phi) is 9.03. The molecule has 0 aliphatic rings. The lowest BCUT2D eigenvalue weighted by Crippen LogP contribution is -2.69. The average Bonchev–Trinajstić information content (AvgIpc) is 2.54. The van der Waals surface area contributed by atoms with Crippen LogP contribution in [0.5, 0.6) is 0 Å². The molecule has 0 spiro atoms. The smallest absolute Gasteiger partial charge is 0.396 e. The fourth-order valence-electron chi connectivity index (χ4n) is 1.79. The molecule has 212 valence electrons. The lowest BCUT2D eigenvalue weighted by molar-refractivity contribution is -0.576. The number of ether oxygens (including phenoxy) is 3. The lowest BCUT2D eigenvalue weighted by Gasteiger charge is -2.41. The highest BCUT2D eigenvalue weighted by molar-refractivity contribution is 4.95. The van der Waals surface area contributed by atoms with E-state index in [1.165, 1.54) is 9.47 Å². The summed E-state index contributed by atoms with van der Waals surface area (Å²) in [4.78, 5) is 0. The van der Waals surface area contributed by atoms with E-state index in [0.717, 1.165) is 0 Å². The first-order valence-electron chi connectivity index (χ1n) is 7.74. The van der Waals surface area contributed by atoms with Crippen molar-refractivity contribution < 1.29 is 103 Å². The van der Waals surface area contributed by atoms with Crippen LogP contribution < -0.4 is 0 Å². The fourth-order valence-corrected chi connectivity index (χ4v) is 1.79. The molecule has 35 heavy (non-hydrogen) atoms. The molecule has 4 nitrogen and oxygen atoms in total. The van der Waals surface area contributed by atoms with Crippen molar-refractivity contribution in [3.63, 3.8) is 0 Å². The fraction of sp³-hybridized carbons (Fsp3) is 1.00. The van der Waals surface area contributed by atoms with E-state index in [2.05, 4.69) is 0 Å². The van der Waals surface area contributed by atoms with Gasteiger partial charge in [-0.25, -0.2) is 9.13 Å². The molecule has 0 heterocycles. The van der Waals surface area contributed by atoms with Gasteiger partial charge in [0, 0.05) is 13.0 Å². The molecule has 3 unspecified atom stereocenters. The maximum atomic E-state index is 14.0. The van der Waals surface area contributed by atoms with Gasteiger partial charge in [0.2, 0.25) is 0 Å². The minimum atomic E-state index is -8.14. The molecule has 0 amide bonds. The van der Waals surface area contributed by atoms with Crippen molar-refractivity contribution >= 4 is 0 Å². The molecule has 0 aromatic heterocycles. The van der Waals surface area contributed by atoms with Crippen molar-refractivity contribution in [2.75, 3.05) is 6.61 Å². The van der Waals surface area contributed by atoms with Gasteiger partial charge in [-0.3, -0.25) is 9.47 Å². The van der Waals surface area contributed by atoms with E-state index in [1.54, 1.807) is 0 Å². The zero-order chi connectivity index (χ0) is 28.7. The van der Waals surface area contributed by atoms with Crippen molar-refractivity contribution in [2.24, 2.45) is 0 Å². The molecule has 0 saturated carbocycles. The minimum absolute atomic E-state index is 1.27. The van der Waals surface area contributed by atoms with E-state index >= 15 is 0 Å². The maximum Gasteiger partial charge on any atom is 0.525 e. The molecule has 1 N–H and O–H groups in total. The van der Waals surface area contributed by atoms with Crippen LogP contribution in [0, 0.1) is 0 Å². The maximum absolute atomic E-state index is 14.0. The summed E-state index contributed by atoms with van der Waals surface area (Å²) in [5.74, 6) is -22.2. The Morgan fingerprint density at radius 1 is 0.457 bits per heavy atom. The number of hydrogen-bond acceptors (Lipinski definition) is 4. The Balaban J connectivity index is 6.83. The van der Waals surface area contributed by atoms with Gasteiger partial charge in [-0.1, -0.05) is 0 Å². The van der Waals surface area contributed by atoms with E-state index in [0.29, 0.717) is 0 Å². The highest BCUT2D eigenvalue weighted by atomic mass is 19.4. The standard InChI is InChI=1S/C12H7F19O4/c13-4(2-1-3-32,7(16,17)18)33-10(25,26)5(14,8(19,20)21)34-11(27,28)6(15,9(22,23)24)35-12(29,30)31/h32H,1-3H2. The van der Waals surface area contributed by atoms with E-state index in [9.17, 15) is 83.4 Å². The number of alkyl halides is 19. The quantitative estimate of drug-likeness (QED) is 0.315. The Bertz CT molecular complexity index is 711. The third kappa shape index (κ3) is 6.84. The Morgan fingerprint density at radius 3 is 1.09 bits per heavy atom. The van der Waals surface area contributed by atoms with Gasteiger partial charge < -0.3 is 5.11 Å². The molecule has 0 aliphatic carbocycles. The molecular formula is C12H7F19O4. The monoisotopic (exact) mass is 576 g/mol.